The number of nitrogens with one attached hydrogen (secondary N) is 1. The van der Waals surface area contributed by atoms with E-state index >= 15 is 0 Å². The van der Waals surface area contributed by atoms with Gasteiger partial charge in [-0.15, -0.1) is 5.10 Å². The van der Waals surface area contributed by atoms with Crippen molar-refractivity contribution in [3.63, 3.8) is 0 Å². The van der Waals surface area contributed by atoms with Crippen LogP contribution < -0.4 is 5.32 Å². The average molecular weight is 155 g/mol. The van der Waals surface area contributed by atoms with Gasteiger partial charge in [0.05, 0.1) is 6.61 Å². The molecule has 1 fully saturated rings. The molecular formula is C5H9N5O. The van der Waals surface area contributed by atoms with Gasteiger partial charge in [-0.1, -0.05) is 0 Å². The number of hydrogen-bond donors (Lipinski definition) is 1. The van der Waals surface area contributed by atoms with Gasteiger partial charge < -0.3 is 10.1 Å². The van der Waals surface area contributed by atoms with E-state index in [9.17, 15) is 0 Å². The number of tetrazole rings is 1. The van der Waals surface area contributed by atoms with E-state index in [0.29, 0.717) is 6.61 Å². The highest BCUT2D eigenvalue weighted by Crippen LogP contribution is 2.05. The molecule has 1 unspecified atom stereocenters. The van der Waals surface area contributed by atoms with E-state index in [1.54, 1.807) is 11.0 Å². The first-order valence-electron chi connectivity index (χ1n) is 3.51. The minimum Gasteiger partial charge on any atom is -0.354 e. The van der Waals surface area contributed by atoms with E-state index in [2.05, 4.69) is 20.8 Å². The van der Waals surface area contributed by atoms with Gasteiger partial charge in [0.25, 0.3) is 0 Å². The summed E-state index contributed by atoms with van der Waals surface area (Å²) in [7, 11) is 0. The summed E-state index contributed by atoms with van der Waals surface area (Å²) < 4.78 is 6.98. The van der Waals surface area contributed by atoms with Crippen molar-refractivity contribution < 1.29 is 4.74 Å². The third-order valence-corrected chi connectivity index (χ3v) is 1.57. The maximum atomic E-state index is 5.38. The summed E-state index contributed by atoms with van der Waals surface area (Å²) in [5, 5.41) is 14.0. The van der Waals surface area contributed by atoms with Gasteiger partial charge in [-0.3, -0.25) is 0 Å². The highest BCUT2D eigenvalue weighted by molar-refractivity contribution is 4.63. The van der Waals surface area contributed by atoms with Crippen molar-refractivity contribution in [1.82, 2.24) is 25.5 Å². The second-order valence-corrected chi connectivity index (χ2v) is 2.32. The minimum atomic E-state index is -0.0428. The minimum absolute atomic E-state index is 0.0428. The van der Waals surface area contributed by atoms with Crippen molar-refractivity contribution >= 4 is 0 Å². The van der Waals surface area contributed by atoms with Crippen molar-refractivity contribution in [3.05, 3.63) is 6.33 Å². The summed E-state index contributed by atoms with van der Waals surface area (Å²) >= 11 is 0. The normalized spacial score (nSPS) is 25.3. The molecule has 1 atom stereocenters. The maximum Gasteiger partial charge on any atom is 0.166 e. The number of morpholine rings is 1. The van der Waals surface area contributed by atoms with Gasteiger partial charge in [-0.25, -0.2) is 4.68 Å². The van der Waals surface area contributed by atoms with Crippen LogP contribution in [0.4, 0.5) is 0 Å². The predicted molar refractivity (Wildman–Crippen MR) is 35.7 cm³/mol. The highest BCUT2D eigenvalue weighted by atomic mass is 16.5. The van der Waals surface area contributed by atoms with Crippen molar-refractivity contribution in [2.75, 3.05) is 19.7 Å². The Morgan fingerprint density at radius 1 is 1.64 bits per heavy atom. The monoisotopic (exact) mass is 155 g/mol. The Morgan fingerprint density at radius 3 is 3.27 bits per heavy atom. The number of aromatic nitrogens is 4. The first-order chi connectivity index (χ1) is 5.47. The maximum absolute atomic E-state index is 5.38. The van der Waals surface area contributed by atoms with Crippen molar-refractivity contribution in [1.29, 1.82) is 0 Å². The van der Waals surface area contributed by atoms with Crippen LogP contribution >= 0.6 is 0 Å². The average Bonchev–Trinajstić information content (AvgIpc) is 2.58. The topological polar surface area (TPSA) is 64.9 Å². The van der Waals surface area contributed by atoms with Crippen LogP contribution in [0, 0.1) is 0 Å². The number of rotatable bonds is 1. The van der Waals surface area contributed by atoms with Gasteiger partial charge in [0.15, 0.2) is 6.23 Å². The Balaban J connectivity index is 2.04. The Labute approximate surface area is 63.5 Å². The molecule has 0 amide bonds. The van der Waals surface area contributed by atoms with Gasteiger partial charge in [-0.2, -0.15) is 0 Å². The summed E-state index contributed by atoms with van der Waals surface area (Å²) in [5.74, 6) is 0. The lowest BCUT2D eigenvalue weighted by molar-refractivity contribution is -0.0282. The molecule has 2 heterocycles. The van der Waals surface area contributed by atoms with E-state index in [1.807, 2.05) is 0 Å². The van der Waals surface area contributed by atoms with Crippen LogP contribution in [-0.2, 0) is 4.74 Å². The lowest BCUT2D eigenvalue weighted by atomic mass is 10.4. The molecule has 11 heavy (non-hydrogen) atoms. The molecular weight excluding hydrogens is 146 g/mol. The van der Waals surface area contributed by atoms with Crippen molar-refractivity contribution in [2.45, 2.75) is 6.23 Å². The lowest BCUT2D eigenvalue weighted by Crippen LogP contribution is -2.36. The smallest absolute Gasteiger partial charge is 0.166 e. The summed E-state index contributed by atoms with van der Waals surface area (Å²) in [4.78, 5) is 0. The lowest BCUT2D eigenvalue weighted by Gasteiger charge is -2.22. The molecule has 0 spiro atoms. The van der Waals surface area contributed by atoms with E-state index in [1.165, 1.54) is 0 Å². The third-order valence-electron chi connectivity index (χ3n) is 1.57. The molecule has 0 saturated carbocycles. The van der Waals surface area contributed by atoms with Crippen LogP contribution in [0.1, 0.15) is 6.23 Å². The first kappa shape index (κ1) is 6.68. The summed E-state index contributed by atoms with van der Waals surface area (Å²) in [6, 6.07) is 0. The fourth-order valence-corrected chi connectivity index (χ4v) is 1.02. The summed E-state index contributed by atoms with van der Waals surface area (Å²) in [6.07, 6.45) is 1.51. The molecule has 1 aliphatic rings. The zero-order chi connectivity index (χ0) is 7.52. The zero-order valence-electron chi connectivity index (χ0n) is 5.97. The number of ether oxygens (including phenoxy) is 1. The molecule has 0 aromatic carbocycles. The SMILES string of the molecule is c1nnnn1C1CNCCO1. The quantitative estimate of drug-likeness (QED) is 0.551. The standard InChI is InChI=1S/C5H9N5O/c1-2-11-5(3-6-1)10-4-7-8-9-10/h4-6H,1-3H2. The third kappa shape index (κ3) is 1.36. The molecule has 1 saturated heterocycles. The second kappa shape index (κ2) is 2.93. The van der Waals surface area contributed by atoms with Crippen molar-refractivity contribution in [3.8, 4) is 0 Å². The highest BCUT2D eigenvalue weighted by Gasteiger charge is 2.15. The van der Waals surface area contributed by atoms with Crippen LogP contribution in [0.15, 0.2) is 6.33 Å². The molecule has 1 aliphatic heterocycles. The van der Waals surface area contributed by atoms with E-state index in [0.717, 1.165) is 13.1 Å². The predicted octanol–water partition coefficient (Wildman–Crippen LogP) is -1.21. The molecule has 60 valence electrons. The Kier molecular flexibility index (Phi) is 1.78. The van der Waals surface area contributed by atoms with E-state index in [-0.39, 0.29) is 6.23 Å². The van der Waals surface area contributed by atoms with Crippen LogP contribution in [0.5, 0.6) is 0 Å². The van der Waals surface area contributed by atoms with E-state index < -0.39 is 0 Å². The van der Waals surface area contributed by atoms with Gasteiger partial charge in [0.1, 0.15) is 6.33 Å². The molecule has 0 bridgehead atoms. The largest absolute Gasteiger partial charge is 0.354 e. The molecule has 1 aromatic heterocycles. The Bertz CT molecular complexity index is 205. The van der Waals surface area contributed by atoms with Crippen molar-refractivity contribution in [2.24, 2.45) is 0 Å². The van der Waals surface area contributed by atoms with Gasteiger partial charge in [0, 0.05) is 13.1 Å². The second-order valence-electron chi connectivity index (χ2n) is 2.32. The fourth-order valence-electron chi connectivity index (χ4n) is 1.02. The Hall–Kier alpha value is -1.01. The van der Waals surface area contributed by atoms with Gasteiger partial charge in [0.2, 0.25) is 0 Å². The molecule has 1 aromatic rings. The molecule has 1 N–H and O–H groups in total. The molecule has 0 aliphatic carbocycles. The zero-order valence-corrected chi connectivity index (χ0v) is 5.97. The number of hydrogen-bond acceptors (Lipinski definition) is 5. The molecule has 0 radical (unpaired) electrons. The van der Waals surface area contributed by atoms with Crippen LogP contribution in [0.2, 0.25) is 0 Å². The molecule has 6 heteroatoms. The van der Waals surface area contributed by atoms with Crippen LogP contribution in [0.3, 0.4) is 0 Å². The van der Waals surface area contributed by atoms with Crippen LogP contribution in [0.25, 0.3) is 0 Å². The van der Waals surface area contributed by atoms with Gasteiger partial charge in [-0.05, 0) is 10.4 Å². The van der Waals surface area contributed by atoms with Crippen LogP contribution in [-0.4, -0.2) is 39.9 Å². The van der Waals surface area contributed by atoms with E-state index in [4.69, 9.17) is 4.74 Å². The molecule has 2 rings (SSSR count). The first-order valence-corrected chi connectivity index (χ1v) is 3.51. The molecule has 6 nitrogen and oxygen atoms in total. The van der Waals surface area contributed by atoms with Gasteiger partial charge >= 0.3 is 0 Å². The Morgan fingerprint density at radius 2 is 2.64 bits per heavy atom. The fraction of sp³-hybridized carbons (Fsp3) is 0.800. The summed E-state index contributed by atoms with van der Waals surface area (Å²) in [5.41, 5.74) is 0. The summed E-state index contributed by atoms with van der Waals surface area (Å²) in [6.45, 7) is 2.38. The number of nitrogens with zero attached hydrogens (tertiary/aromatic N) is 4.